The zero-order valence-corrected chi connectivity index (χ0v) is 8.70. The van der Waals surface area contributed by atoms with Crippen molar-refractivity contribution < 1.29 is 9.53 Å². The van der Waals surface area contributed by atoms with Gasteiger partial charge in [0.1, 0.15) is 5.75 Å². The molecule has 0 spiro atoms. The molecule has 0 aliphatic rings. The molecule has 1 amide bonds. The van der Waals surface area contributed by atoms with Crippen LogP contribution in [0.4, 0.5) is 0 Å². The summed E-state index contributed by atoms with van der Waals surface area (Å²) in [4.78, 5) is 10.7. The minimum absolute atomic E-state index is 0.358. The molecule has 0 aliphatic heterocycles. The molecule has 1 aromatic carbocycles. The normalized spacial score (nSPS) is 9.13. The Morgan fingerprint density at radius 2 is 2.33 bits per heavy atom. The molecular weight excluding hydrogens is 192 g/mol. The highest BCUT2D eigenvalue weighted by Crippen LogP contribution is 2.18. The number of carbonyl (C=O) groups excluding carboxylic acids is 1. The van der Waals surface area contributed by atoms with Crippen LogP contribution in [0, 0.1) is 18.3 Å². The molecule has 0 heterocycles. The number of carbonyl (C=O) groups is 1. The number of amides is 1. The minimum Gasteiger partial charge on any atom is -0.496 e. The van der Waals surface area contributed by atoms with Gasteiger partial charge in [0.25, 0.3) is 0 Å². The lowest BCUT2D eigenvalue weighted by Gasteiger charge is -2.07. The van der Waals surface area contributed by atoms with Crippen molar-refractivity contribution >= 4 is 5.91 Å². The summed E-state index contributed by atoms with van der Waals surface area (Å²) < 4.78 is 5.11. The van der Waals surface area contributed by atoms with Gasteiger partial charge in [0.15, 0.2) is 6.07 Å². The number of ether oxygens (including phenoxy) is 1. The van der Waals surface area contributed by atoms with Crippen LogP contribution in [0.2, 0.25) is 0 Å². The van der Waals surface area contributed by atoms with E-state index >= 15 is 0 Å². The predicted molar refractivity (Wildman–Crippen MR) is 55.2 cm³/mol. The van der Waals surface area contributed by atoms with Crippen LogP contribution in [0.1, 0.15) is 11.1 Å². The molecule has 0 saturated heterocycles. The van der Waals surface area contributed by atoms with E-state index in [0.717, 1.165) is 16.9 Å². The molecule has 78 valence electrons. The molecule has 15 heavy (non-hydrogen) atoms. The largest absolute Gasteiger partial charge is 0.496 e. The Balaban J connectivity index is 2.68. The van der Waals surface area contributed by atoms with Crippen molar-refractivity contribution in [2.75, 3.05) is 7.11 Å². The zero-order valence-electron chi connectivity index (χ0n) is 8.70. The molecule has 1 N–H and O–H groups in total. The third kappa shape index (κ3) is 2.99. The first-order chi connectivity index (χ1) is 7.17. The molecule has 1 aromatic rings. The van der Waals surface area contributed by atoms with Crippen molar-refractivity contribution in [2.24, 2.45) is 0 Å². The fourth-order valence-corrected chi connectivity index (χ4v) is 1.27. The second-order valence-corrected chi connectivity index (χ2v) is 3.10. The average molecular weight is 204 g/mol. The molecule has 0 bridgehead atoms. The van der Waals surface area contributed by atoms with E-state index < -0.39 is 5.91 Å². The van der Waals surface area contributed by atoms with Gasteiger partial charge in [-0.3, -0.25) is 4.79 Å². The Bertz CT molecular complexity index is 408. The van der Waals surface area contributed by atoms with Crippen LogP contribution in [0.25, 0.3) is 0 Å². The lowest BCUT2D eigenvalue weighted by atomic mass is 10.1. The molecule has 0 fully saturated rings. The SMILES string of the molecule is COc1ccc(CNC(=O)C#N)cc1C. The summed E-state index contributed by atoms with van der Waals surface area (Å²) in [5, 5.41) is 10.7. The number of nitrogens with zero attached hydrogens (tertiary/aromatic N) is 1. The Kier molecular flexibility index (Phi) is 3.69. The first kappa shape index (κ1) is 11.1. The molecule has 0 radical (unpaired) electrons. The summed E-state index contributed by atoms with van der Waals surface area (Å²) in [5.74, 6) is 0.189. The second-order valence-electron chi connectivity index (χ2n) is 3.10. The van der Waals surface area contributed by atoms with Crippen LogP contribution in [-0.2, 0) is 11.3 Å². The third-order valence-electron chi connectivity index (χ3n) is 2.01. The smallest absolute Gasteiger partial charge is 0.322 e. The summed E-state index contributed by atoms with van der Waals surface area (Å²) in [6.07, 6.45) is 0. The highest BCUT2D eigenvalue weighted by Gasteiger charge is 2.01. The highest BCUT2D eigenvalue weighted by molar-refractivity contribution is 5.91. The van der Waals surface area contributed by atoms with Gasteiger partial charge in [-0.25, -0.2) is 0 Å². The number of nitriles is 1. The molecule has 0 aliphatic carbocycles. The van der Waals surface area contributed by atoms with E-state index in [2.05, 4.69) is 5.32 Å². The predicted octanol–water partition coefficient (Wildman–Crippen LogP) is 1.14. The molecule has 0 saturated carbocycles. The van der Waals surface area contributed by atoms with Crippen LogP contribution in [0.15, 0.2) is 18.2 Å². The van der Waals surface area contributed by atoms with Crippen molar-refractivity contribution in [3.05, 3.63) is 29.3 Å². The number of benzene rings is 1. The standard InChI is InChI=1S/C11H12N2O2/c1-8-5-9(3-4-10(8)15-2)7-13-11(14)6-12/h3-5H,7H2,1-2H3,(H,13,14). The monoisotopic (exact) mass is 204 g/mol. The summed E-state index contributed by atoms with van der Waals surface area (Å²) in [6.45, 7) is 2.28. The Morgan fingerprint density at radius 1 is 1.60 bits per heavy atom. The van der Waals surface area contributed by atoms with Crippen molar-refractivity contribution in [3.8, 4) is 11.8 Å². The van der Waals surface area contributed by atoms with E-state index in [9.17, 15) is 4.79 Å². The Hall–Kier alpha value is -2.02. The van der Waals surface area contributed by atoms with Gasteiger partial charge in [0.05, 0.1) is 7.11 Å². The van der Waals surface area contributed by atoms with E-state index in [4.69, 9.17) is 10.00 Å². The first-order valence-electron chi connectivity index (χ1n) is 4.49. The maximum atomic E-state index is 10.7. The number of rotatable bonds is 3. The van der Waals surface area contributed by atoms with Crippen LogP contribution in [0.3, 0.4) is 0 Å². The molecular formula is C11H12N2O2. The summed E-state index contributed by atoms with van der Waals surface area (Å²) in [6, 6.07) is 7.10. The number of methoxy groups -OCH3 is 1. The quantitative estimate of drug-likeness (QED) is 0.751. The van der Waals surface area contributed by atoms with Crippen molar-refractivity contribution in [3.63, 3.8) is 0 Å². The summed E-state index contributed by atoms with van der Waals surface area (Å²) >= 11 is 0. The van der Waals surface area contributed by atoms with Crippen LogP contribution >= 0.6 is 0 Å². The fourth-order valence-electron chi connectivity index (χ4n) is 1.27. The van der Waals surface area contributed by atoms with Crippen molar-refractivity contribution in [1.82, 2.24) is 5.32 Å². The maximum Gasteiger partial charge on any atom is 0.322 e. The van der Waals surface area contributed by atoms with E-state index in [1.807, 2.05) is 25.1 Å². The van der Waals surface area contributed by atoms with Gasteiger partial charge in [-0.15, -0.1) is 0 Å². The van der Waals surface area contributed by atoms with E-state index in [1.54, 1.807) is 7.11 Å². The molecule has 4 nitrogen and oxygen atoms in total. The van der Waals surface area contributed by atoms with Gasteiger partial charge in [-0.2, -0.15) is 5.26 Å². The summed E-state index contributed by atoms with van der Waals surface area (Å²) in [5.41, 5.74) is 1.94. The second kappa shape index (κ2) is 5.01. The van der Waals surface area contributed by atoms with Gasteiger partial charge in [-0.05, 0) is 24.1 Å². The number of nitrogens with one attached hydrogen (secondary N) is 1. The third-order valence-corrected chi connectivity index (χ3v) is 2.01. The first-order valence-corrected chi connectivity index (χ1v) is 4.49. The van der Waals surface area contributed by atoms with Crippen LogP contribution in [0.5, 0.6) is 5.75 Å². The van der Waals surface area contributed by atoms with E-state index in [-0.39, 0.29) is 0 Å². The zero-order chi connectivity index (χ0) is 11.3. The number of aryl methyl sites for hydroxylation is 1. The molecule has 0 atom stereocenters. The topological polar surface area (TPSA) is 62.1 Å². The molecule has 4 heteroatoms. The Morgan fingerprint density at radius 3 is 2.87 bits per heavy atom. The van der Waals surface area contributed by atoms with Gasteiger partial charge in [0, 0.05) is 6.54 Å². The molecule has 0 aromatic heterocycles. The van der Waals surface area contributed by atoms with Gasteiger partial charge in [-0.1, -0.05) is 12.1 Å². The van der Waals surface area contributed by atoms with Crippen LogP contribution < -0.4 is 10.1 Å². The lowest BCUT2D eigenvalue weighted by Crippen LogP contribution is -2.20. The average Bonchev–Trinajstić information content (AvgIpc) is 2.26. The fraction of sp³-hybridized carbons (Fsp3) is 0.273. The lowest BCUT2D eigenvalue weighted by molar-refractivity contribution is -0.116. The van der Waals surface area contributed by atoms with Crippen molar-refractivity contribution in [1.29, 1.82) is 5.26 Å². The van der Waals surface area contributed by atoms with Crippen molar-refractivity contribution in [2.45, 2.75) is 13.5 Å². The van der Waals surface area contributed by atoms with Crippen LogP contribution in [-0.4, -0.2) is 13.0 Å². The summed E-state index contributed by atoms with van der Waals surface area (Å²) in [7, 11) is 1.61. The molecule has 0 unspecified atom stereocenters. The van der Waals surface area contributed by atoms with Gasteiger partial charge < -0.3 is 10.1 Å². The maximum absolute atomic E-state index is 10.7. The van der Waals surface area contributed by atoms with E-state index in [1.165, 1.54) is 6.07 Å². The number of hydrogen-bond donors (Lipinski definition) is 1. The van der Waals surface area contributed by atoms with Gasteiger partial charge >= 0.3 is 5.91 Å². The Labute approximate surface area is 88.5 Å². The van der Waals surface area contributed by atoms with E-state index in [0.29, 0.717) is 6.54 Å². The van der Waals surface area contributed by atoms with Gasteiger partial charge in [0.2, 0.25) is 0 Å². The molecule has 1 rings (SSSR count). The highest BCUT2D eigenvalue weighted by atomic mass is 16.5. The number of hydrogen-bond acceptors (Lipinski definition) is 3. The minimum atomic E-state index is -0.622.